The molecule has 2 heterocycles. The first kappa shape index (κ1) is 18.6. The van der Waals surface area contributed by atoms with E-state index in [9.17, 15) is 14.0 Å². The molecule has 2 atom stereocenters. The summed E-state index contributed by atoms with van der Waals surface area (Å²) < 4.78 is 13.6. The number of carbonyl (C=O) groups excluding carboxylic acids is 2. The summed E-state index contributed by atoms with van der Waals surface area (Å²) in [7, 11) is 0. The highest BCUT2D eigenvalue weighted by Gasteiger charge is 2.49. The average Bonchev–Trinajstić information content (AvgIpc) is 2.97. The van der Waals surface area contributed by atoms with Crippen LogP contribution >= 0.6 is 0 Å². The molecule has 28 heavy (non-hydrogen) atoms. The van der Waals surface area contributed by atoms with Crippen molar-refractivity contribution >= 4 is 17.5 Å². The number of hydrogen-bond donors (Lipinski definition) is 1. The number of pyridine rings is 1. The summed E-state index contributed by atoms with van der Waals surface area (Å²) >= 11 is 0. The van der Waals surface area contributed by atoms with E-state index in [-0.39, 0.29) is 23.7 Å². The van der Waals surface area contributed by atoms with Crippen LogP contribution in [0, 0.1) is 18.2 Å². The van der Waals surface area contributed by atoms with Crippen molar-refractivity contribution < 1.29 is 14.0 Å². The monoisotopic (exact) mass is 381 g/mol. The minimum atomic E-state index is -0.462. The third-order valence-electron chi connectivity index (χ3n) is 5.97. The minimum absolute atomic E-state index is 0.0360. The lowest BCUT2D eigenvalue weighted by Crippen LogP contribution is -2.46. The van der Waals surface area contributed by atoms with Gasteiger partial charge in [0.05, 0.1) is 5.41 Å². The standard InChI is InChI=1S/C22H24FN3O2/c1-15-12-16(7-10-24-15)20(27)25-18-5-3-8-22(14-18)9-11-26(21(22)28)19-6-2-4-17(23)13-19/h2,4,6-7,10,12-13,18H,3,5,8-9,11,14H2,1H3,(H,25,27). The predicted octanol–water partition coefficient (Wildman–Crippen LogP) is 3.62. The first-order valence-corrected chi connectivity index (χ1v) is 9.78. The maximum Gasteiger partial charge on any atom is 0.251 e. The highest BCUT2D eigenvalue weighted by atomic mass is 19.1. The Balaban J connectivity index is 1.47. The smallest absolute Gasteiger partial charge is 0.251 e. The summed E-state index contributed by atoms with van der Waals surface area (Å²) in [6.45, 7) is 2.44. The number of amides is 2. The number of rotatable bonds is 3. The second kappa shape index (κ2) is 7.34. The van der Waals surface area contributed by atoms with Crippen molar-refractivity contribution in [2.24, 2.45) is 5.41 Å². The largest absolute Gasteiger partial charge is 0.349 e. The molecule has 1 spiro atoms. The summed E-state index contributed by atoms with van der Waals surface area (Å²) in [4.78, 5) is 31.6. The SMILES string of the molecule is Cc1cc(C(=O)NC2CCCC3(CCN(c4cccc(F)c4)C3=O)C2)ccn1. The Hall–Kier alpha value is -2.76. The third kappa shape index (κ3) is 3.51. The van der Waals surface area contributed by atoms with Crippen molar-refractivity contribution in [3.8, 4) is 0 Å². The average molecular weight is 381 g/mol. The number of hydrogen-bond acceptors (Lipinski definition) is 3. The maximum atomic E-state index is 13.6. The van der Waals surface area contributed by atoms with Gasteiger partial charge < -0.3 is 10.2 Å². The molecule has 1 N–H and O–H groups in total. The van der Waals surface area contributed by atoms with Gasteiger partial charge in [0.1, 0.15) is 5.82 Å². The van der Waals surface area contributed by atoms with Gasteiger partial charge in [-0.05, 0) is 62.9 Å². The number of halogens is 1. The molecule has 1 aromatic heterocycles. The van der Waals surface area contributed by atoms with Crippen LogP contribution in [0.5, 0.6) is 0 Å². The van der Waals surface area contributed by atoms with Crippen LogP contribution in [0.3, 0.4) is 0 Å². The molecular weight excluding hydrogens is 357 g/mol. The first-order chi connectivity index (χ1) is 13.5. The molecule has 2 aliphatic rings. The zero-order valence-electron chi connectivity index (χ0n) is 16.0. The van der Waals surface area contributed by atoms with Gasteiger partial charge in [0.25, 0.3) is 5.91 Å². The molecule has 1 aliphatic heterocycles. The van der Waals surface area contributed by atoms with E-state index in [0.29, 0.717) is 24.2 Å². The second-order valence-electron chi connectivity index (χ2n) is 7.92. The van der Waals surface area contributed by atoms with E-state index in [0.717, 1.165) is 31.4 Å². The molecule has 6 heteroatoms. The highest BCUT2D eigenvalue weighted by molar-refractivity contribution is 6.00. The lowest BCUT2D eigenvalue weighted by Gasteiger charge is -2.37. The molecule has 0 bridgehead atoms. The van der Waals surface area contributed by atoms with Crippen LogP contribution in [0.4, 0.5) is 10.1 Å². The number of nitrogens with zero attached hydrogens (tertiary/aromatic N) is 2. The topological polar surface area (TPSA) is 62.3 Å². The van der Waals surface area contributed by atoms with Gasteiger partial charge in [-0.2, -0.15) is 0 Å². The van der Waals surface area contributed by atoms with Crippen LogP contribution in [0.15, 0.2) is 42.6 Å². The first-order valence-electron chi connectivity index (χ1n) is 9.78. The molecular formula is C22H24FN3O2. The van der Waals surface area contributed by atoms with Gasteiger partial charge in [-0.15, -0.1) is 0 Å². The van der Waals surface area contributed by atoms with Crippen LogP contribution in [-0.4, -0.2) is 29.4 Å². The van der Waals surface area contributed by atoms with E-state index in [1.807, 2.05) is 6.92 Å². The fourth-order valence-electron chi connectivity index (χ4n) is 4.57. The summed E-state index contributed by atoms with van der Waals surface area (Å²) in [6.07, 6.45) is 5.58. The molecule has 2 fully saturated rings. The molecule has 2 aromatic rings. The molecule has 1 saturated heterocycles. The zero-order valence-corrected chi connectivity index (χ0v) is 16.0. The number of anilines is 1. The van der Waals surface area contributed by atoms with Gasteiger partial charge in [0, 0.05) is 35.7 Å². The van der Waals surface area contributed by atoms with Gasteiger partial charge in [-0.25, -0.2) is 4.39 Å². The molecule has 4 rings (SSSR count). The summed E-state index contributed by atoms with van der Waals surface area (Å²) in [6, 6.07) is 9.62. The lowest BCUT2D eigenvalue weighted by molar-refractivity contribution is -0.127. The van der Waals surface area contributed by atoms with E-state index in [4.69, 9.17) is 0 Å². The summed E-state index contributed by atoms with van der Waals surface area (Å²) in [5.41, 5.74) is 1.53. The quantitative estimate of drug-likeness (QED) is 0.883. The van der Waals surface area contributed by atoms with Gasteiger partial charge >= 0.3 is 0 Å². The van der Waals surface area contributed by atoms with Crippen LogP contribution in [0.1, 0.15) is 48.2 Å². The van der Waals surface area contributed by atoms with E-state index in [1.165, 1.54) is 12.1 Å². The number of benzene rings is 1. The zero-order chi connectivity index (χ0) is 19.7. The molecule has 146 valence electrons. The highest BCUT2D eigenvalue weighted by Crippen LogP contribution is 2.46. The Kier molecular flexibility index (Phi) is 4.87. The second-order valence-corrected chi connectivity index (χ2v) is 7.92. The molecule has 1 aromatic carbocycles. The van der Waals surface area contributed by atoms with Crippen molar-refractivity contribution in [3.63, 3.8) is 0 Å². The Bertz CT molecular complexity index is 916. The molecule has 1 saturated carbocycles. The van der Waals surface area contributed by atoms with Crippen molar-refractivity contribution in [1.29, 1.82) is 0 Å². The molecule has 1 aliphatic carbocycles. The molecule has 0 radical (unpaired) electrons. The molecule has 5 nitrogen and oxygen atoms in total. The van der Waals surface area contributed by atoms with Crippen molar-refractivity contribution in [2.45, 2.75) is 45.1 Å². The Labute approximate surface area is 164 Å². The van der Waals surface area contributed by atoms with E-state index < -0.39 is 5.41 Å². The minimum Gasteiger partial charge on any atom is -0.349 e. The summed E-state index contributed by atoms with van der Waals surface area (Å²) in [5.74, 6) is -0.413. The number of carbonyl (C=O) groups is 2. The summed E-state index contributed by atoms with van der Waals surface area (Å²) in [5, 5.41) is 3.10. The maximum absolute atomic E-state index is 13.6. The lowest BCUT2D eigenvalue weighted by atomic mass is 9.71. The number of aryl methyl sites for hydroxylation is 1. The van der Waals surface area contributed by atoms with E-state index in [1.54, 1.807) is 35.4 Å². The molecule has 2 amide bonds. The number of nitrogens with one attached hydrogen (secondary N) is 1. The fraction of sp³-hybridized carbons (Fsp3) is 0.409. The van der Waals surface area contributed by atoms with Gasteiger partial charge in [0.2, 0.25) is 5.91 Å². The van der Waals surface area contributed by atoms with Crippen LogP contribution in [-0.2, 0) is 4.79 Å². The van der Waals surface area contributed by atoms with Crippen molar-refractivity contribution in [1.82, 2.24) is 10.3 Å². The van der Waals surface area contributed by atoms with Gasteiger partial charge in [0.15, 0.2) is 0 Å². The van der Waals surface area contributed by atoms with Crippen molar-refractivity contribution in [3.05, 3.63) is 59.7 Å². The fourth-order valence-corrected chi connectivity index (χ4v) is 4.57. The van der Waals surface area contributed by atoms with E-state index in [2.05, 4.69) is 10.3 Å². The Morgan fingerprint density at radius 3 is 2.93 bits per heavy atom. The normalized spacial score (nSPS) is 24.6. The number of aromatic nitrogens is 1. The van der Waals surface area contributed by atoms with Gasteiger partial charge in [-0.1, -0.05) is 12.5 Å². The van der Waals surface area contributed by atoms with Crippen molar-refractivity contribution in [2.75, 3.05) is 11.4 Å². The third-order valence-corrected chi connectivity index (χ3v) is 5.97. The van der Waals surface area contributed by atoms with Crippen LogP contribution in [0.25, 0.3) is 0 Å². The van der Waals surface area contributed by atoms with Gasteiger partial charge in [-0.3, -0.25) is 14.6 Å². The Morgan fingerprint density at radius 1 is 1.29 bits per heavy atom. The van der Waals surface area contributed by atoms with Crippen LogP contribution in [0.2, 0.25) is 0 Å². The predicted molar refractivity (Wildman–Crippen MR) is 104 cm³/mol. The van der Waals surface area contributed by atoms with Crippen LogP contribution < -0.4 is 10.2 Å². The Morgan fingerprint density at radius 2 is 2.14 bits per heavy atom. The molecule has 2 unspecified atom stereocenters. The van der Waals surface area contributed by atoms with E-state index >= 15 is 0 Å².